The Morgan fingerprint density at radius 1 is 1.30 bits per heavy atom. The summed E-state index contributed by atoms with van der Waals surface area (Å²) in [5, 5.41) is 12.4. The zero-order valence-electron chi connectivity index (χ0n) is 13.1. The molecule has 0 radical (unpaired) electrons. The second kappa shape index (κ2) is 5.34. The molecule has 0 unspecified atom stereocenters. The maximum atomic E-state index is 12.5. The Morgan fingerprint density at radius 3 is 2.43 bits per heavy atom. The fourth-order valence-corrected chi connectivity index (χ4v) is 2.91. The summed E-state index contributed by atoms with van der Waals surface area (Å²) in [7, 11) is 0. The first-order chi connectivity index (χ1) is 10.8. The fourth-order valence-electron chi connectivity index (χ4n) is 2.91. The summed E-state index contributed by atoms with van der Waals surface area (Å²) >= 11 is 0. The molecule has 122 valence electrons. The topological polar surface area (TPSA) is 90.0 Å². The van der Waals surface area contributed by atoms with Crippen molar-refractivity contribution in [1.82, 2.24) is 10.2 Å². The molecule has 4 amide bonds. The first-order valence-electron chi connectivity index (χ1n) is 7.51. The number of carbonyl (C=O) groups excluding carboxylic acids is 3. The molecule has 1 aromatic carbocycles. The van der Waals surface area contributed by atoms with Crippen LogP contribution in [0.15, 0.2) is 24.3 Å². The Balaban J connectivity index is 1.74. The highest BCUT2D eigenvalue weighted by molar-refractivity contribution is 6.12. The smallest absolute Gasteiger partial charge is 0.329 e. The molecule has 0 saturated carbocycles. The number of carbonyl (C=O) groups is 3. The number of anilines is 1. The van der Waals surface area contributed by atoms with E-state index in [1.165, 1.54) is 4.90 Å². The third kappa shape index (κ3) is 2.79. The number of rotatable bonds is 2. The van der Waals surface area contributed by atoms with E-state index in [0.29, 0.717) is 24.3 Å². The van der Waals surface area contributed by atoms with E-state index >= 15 is 0 Å². The highest BCUT2D eigenvalue weighted by Gasteiger charge is 2.40. The van der Waals surface area contributed by atoms with Crippen molar-refractivity contribution in [2.75, 3.05) is 24.5 Å². The van der Waals surface area contributed by atoms with E-state index in [-0.39, 0.29) is 24.3 Å². The van der Waals surface area contributed by atoms with E-state index in [0.717, 1.165) is 0 Å². The summed E-state index contributed by atoms with van der Waals surface area (Å²) in [4.78, 5) is 38.3. The highest BCUT2D eigenvalue weighted by Crippen LogP contribution is 2.28. The van der Waals surface area contributed by atoms with Crippen LogP contribution in [0.3, 0.4) is 0 Å². The van der Waals surface area contributed by atoms with Crippen LogP contribution in [0.1, 0.15) is 24.2 Å². The summed E-state index contributed by atoms with van der Waals surface area (Å²) in [6.07, 6.45) is 0. The zero-order chi connectivity index (χ0) is 16.8. The minimum absolute atomic E-state index is 0.0152. The monoisotopic (exact) mass is 317 g/mol. The minimum atomic E-state index is -0.871. The number of hydrogen-bond donors (Lipinski definition) is 2. The molecule has 0 aliphatic carbocycles. The number of aliphatic hydroxyl groups is 1. The van der Waals surface area contributed by atoms with Crippen molar-refractivity contribution in [2.45, 2.75) is 19.4 Å². The lowest BCUT2D eigenvalue weighted by molar-refractivity contribution is -0.117. The van der Waals surface area contributed by atoms with Crippen LogP contribution in [0, 0.1) is 5.92 Å². The van der Waals surface area contributed by atoms with Crippen molar-refractivity contribution in [3.05, 3.63) is 29.8 Å². The highest BCUT2D eigenvalue weighted by atomic mass is 16.3. The molecule has 2 heterocycles. The van der Waals surface area contributed by atoms with E-state index in [1.807, 2.05) is 6.92 Å². The number of imide groups is 1. The first kappa shape index (κ1) is 15.5. The third-order valence-corrected chi connectivity index (χ3v) is 4.57. The number of nitrogens with one attached hydrogen (secondary N) is 1. The van der Waals surface area contributed by atoms with E-state index in [2.05, 4.69) is 5.32 Å². The number of likely N-dealkylation sites (tertiary alicyclic amines) is 1. The molecule has 1 aromatic rings. The lowest BCUT2D eigenvalue weighted by Crippen LogP contribution is -2.35. The standard InChI is InChI=1S/C16H19N3O4/c1-10-7-18(9-16(10,2)23)14(21)11-3-5-12(6-4-11)19-8-13(20)17-15(19)22/h3-6,10,23H,7-9H2,1-2H3,(H,17,20,22)/t10-,16+/m1/s1. The molecule has 2 saturated heterocycles. The van der Waals surface area contributed by atoms with Gasteiger partial charge in [0.2, 0.25) is 5.91 Å². The lowest BCUT2D eigenvalue weighted by atomic mass is 9.95. The summed E-state index contributed by atoms with van der Waals surface area (Å²) in [5.41, 5.74) is 0.181. The quantitative estimate of drug-likeness (QED) is 0.781. The Labute approximate surface area is 133 Å². The van der Waals surface area contributed by atoms with Crippen molar-refractivity contribution < 1.29 is 19.5 Å². The Kier molecular flexibility index (Phi) is 3.60. The Morgan fingerprint density at radius 2 is 1.96 bits per heavy atom. The van der Waals surface area contributed by atoms with Crippen LogP contribution in [-0.2, 0) is 4.79 Å². The molecule has 0 spiro atoms. The Bertz CT molecular complexity index is 668. The first-order valence-corrected chi connectivity index (χ1v) is 7.51. The fraction of sp³-hybridized carbons (Fsp3) is 0.438. The van der Waals surface area contributed by atoms with Gasteiger partial charge in [-0.2, -0.15) is 0 Å². The maximum Gasteiger partial charge on any atom is 0.329 e. The van der Waals surface area contributed by atoms with Gasteiger partial charge < -0.3 is 10.0 Å². The molecule has 2 aliphatic rings. The molecule has 3 rings (SSSR count). The van der Waals surface area contributed by atoms with Gasteiger partial charge in [-0.3, -0.25) is 19.8 Å². The van der Waals surface area contributed by atoms with Gasteiger partial charge in [-0.1, -0.05) is 6.92 Å². The molecule has 7 nitrogen and oxygen atoms in total. The van der Waals surface area contributed by atoms with Gasteiger partial charge >= 0.3 is 6.03 Å². The summed E-state index contributed by atoms with van der Waals surface area (Å²) in [6.45, 7) is 4.45. The zero-order valence-corrected chi connectivity index (χ0v) is 13.1. The predicted octanol–water partition coefficient (Wildman–Crippen LogP) is 0.586. The van der Waals surface area contributed by atoms with E-state index < -0.39 is 11.6 Å². The molecule has 7 heteroatoms. The molecule has 2 aliphatic heterocycles. The number of benzene rings is 1. The third-order valence-electron chi connectivity index (χ3n) is 4.57. The van der Waals surface area contributed by atoms with Crippen molar-refractivity contribution in [3.63, 3.8) is 0 Å². The van der Waals surface area contributed by atoms with Gasteiger partial charge in [0.15, 0.2) is 0 Å². The van der Waals surface area contributed by atoms with Crippen LogP contribution in [0.25, 0.3) is 0 Å². The van der Waals surface area contributed by atoms with E-state index in [1.54, 1.807) is 36.1 Å². The maximum absolute atomic E-state index is 12.5. The average Bonchev–Trinajstić information content (AvgIpc) is 2.97. The lowest BCUT2D eigenvalue weighted by Gasteiger charge is -2.21. The van der Waals surface area contributed by atoms with Gasteiger partial charge in [0.1, 0.15) is 6.54 Å². The van der Waals surface area contributed by atoms with Crippen LogP contribution in [-0.4, -0.2) is 53.1 Å². The van der Waals surface area contributed by atoms with Crippen LogP contribution < -0.4 is 10.2 Å². The van der Waals surface area contributed by atoms with Gasteiger partial charge in [-0.15, -0.1) is 0 Å². The van der Waals surface area contributed by atoms with Gasteiger partial charge in [-0.25, -0.2) is 4.79 Å². The van der Waals surface area contributed by atoms with Gasteiger partial charge in [0.25, 0.3) is 5.91 Å². The molecular formula is C16H19N3O4. The van der Waals surface area contributed by atoms with Crippen LogP contribution in [0.5, 0.6) is 0 Å². The summed E-state index contributed by atoms with van der Waals surface area (Å²) in [6, 6.07) is 6.08. The molecule has 2 N–H and O–H groups in total. The van der Waals surface area contributed by atoms with Crippen LogP contribution in [0.2, 0.25) is 0 Å². The SMILES string of the molecule is C[C@@H]1CN(C(=O)c2ccc(N3CC(=O)NC3=O)cc2)C[C@]1(C)O. The van der Waals surface area contributed by atoms with Crippen molar-refractivity contribution >= 4 is 23.5 Å². The second-order valence-electron chi connectivity index (χ2n) is 6.43. The molecule has 2 atom stereocenters. The van der Waals surface area contributed by atoms with Crippen LogP contribution >= 0.6 is 0 Å². The number of amides is 4. The molecule has 0 aromatic heterocycles. The van der Waals surface area contributed by atoms with Crippen molar-refractivity contribution in [2.24, 2.45) is 5.92 Å². The van der Waals surface area contributed by atoms with E-state index in [4.69, 9.17) is 0 Å². The molecule has 0 bridgehead atoms. The van der Waals surface area contributed by atoms with Gasteiger partial charge in [-0.05, 0) is 31.2 Å². The molecule has 23 heavy (non-hydrogen) atoms. The van der Waals surface area contributed by atoms with Crippen molar-refractivity contribution in [3.8, 4) is 0 Å². The minimum Gasteiger partial charge on any atom is -0.388 e. The molecular weight excluding hydrogens is 298 g/mol. The average molecular weight is 317 g/mol. The van der Waals surface area contributed by atoms with Crippen molar-refractivity contribution in [1.29, 1.82) is 0 Å². The Hall–Kier alpha value is -2.41. The normalized spacial score (nSPS) is 27.5. The van der Waals surface area contributed by atoms with Crippen LogP contribution in [0.4, 0.5) is 10.5 Å². The summed E-state index contributed by atoms with van der Waals surface area (Å²) < 4.78 is 0. The number of β-amino-alcohol motifs (C(OH)–C–C–N with tert-alkyl or cyclic N) is 1. The largest absolute Gasteiger partial charge is 0.388 e. The number of hydrogen-bond acceptors (Lipinski definition) is 4. The van der Waals surface area contributed by atoms with Gasteiger partial charge in [0.05, 0.1) is 5.60 Å². The number of nitrogens with zero attached hydrogens (tertiary/aromatic N) is 2. The van der Waals surface area contributed by atoms with Gasteiger partial charge in [0, 0.05) is 30.3 Å². The second-order valence-corrected chi connectivity index (χ2v) is 6.43. The summed E-state index contributed by atoms with van der Waals surface area (Å²) in [5.74, 6) is -0.475. The number of urea groups is 1. The van der Waals surface area contributed by atoms with E-state index in [9.17, 15) is 19.5 Å². The molecule has 2 fully saturated rings. The predicted molar refractivity (Wildman–Crippen MR) is 83.0 cm³/mol.